The van der Waals surface area contributed by atoms with Crippen LogP contribution >= 0.6 is 0 Å². The highest BCUT2D eigenvalue weighted by molar-refractivity contribution is 5.41. The van der Waals surface area contributed by atoms with Crippen LogP contribution in [-0.4, -0.2) is 18.8 Å². The Bertz CT molecular complexity index is 388. The zero-order chi connectivity index (χ0) is 13.8. The van der Waals surface area contributed by atoms with Crippen LogP contribution < -0.4 is 10.1 Å². The summed E-state index contributed by atoms with van der Waals surface area (Å²) < 4.78 is 5.19. The SMILES string of the molecule is CCC(C)(C)CNC(C)c1cc(OC)ccc1O. The lowest BCUT2D eigenvalue weighted by Gasteiger charge is -2.26. The Labute approximate surface area is 110 Å². The van der Waals surface area contributed by atoms with Gasteiger partial charge in [0.15, 0.2) is 0 Å². The third kappa shape index (κ3) is 3.91. The predicted octanol–water partition coefficient (Wildman–Crippen LogP) is 3.49. The number of aromatic hydroxyl groups is 1. The van der Waals surface area contributed by atoms with Gasteiger partial charge >= 0.3 is 0 Å². The molecule has 0 heterocycles. The fourth-order valence-electron chi connectivity index (χ4n) is 1.67. The average molecular weight is 251 g/mol. The first-order chi connectivity index (χ1) is 8.39. The summed E-state index contributed by atoms with van der Waals surface area (Å²) in [6.07, 6.45) is 1.12. The highest BCUT2D eigenvalue weighted by Gasteiger charge is 2.18. The molecule has 0 aliphatic heterocycles. The van der Waals surface area contributed by atoms with Gasteiger partial charge in [-0.15, -0.1) is 0 Å². The van der Waals surface area contributed by atoms with Crippen molar-refractivity contribution in [1.29, 1.82) is 0 Å². The van der Waals surface area contributed by atoms with Gasteiger partial charge in [-0.25, -0.2) is 0 Å². The van der Waals surface area contributed by atoms with Crippen molar-refractivity contribution in [3.63, 3.8) is 0 Å². The lowest BCUT2D eigenvalue weighted by atomic mass is 9.90. The number of phenols is 1. The van der Waals surface area contributed by atoms with E-state index >= 15 is 0 Å². The molecule has 1 aromatic rings. The number of hydrogen-bond donors (Lipinski definition) is 2. The molecule has 2 N–H and O–H groups in total. The maximum atomic E-state index is 9.89. The van der Waals surface area contributed by atoms with Gasteiger partial charge in [-0.3, -0.25) is 0 Å². The quantitative estimate of drug-likeness (QED) is 0.813. The fourth-order valence-corrected chi connectivity index (χ4v) is 1.67. The molecule has 0 radical (unpaired) electrons. The van der Waals surface area contributed by atoms with Crippen molar-refractivity contribution in [3.8, 4) is 11.5 Å². The lowest BCUT2D eigenvalue weighted by Crippen LogP contribution is -2.30. The molecular formula is C15H25NO2. The van der Waals surface area contributed by atoms with E-state index < -0.39 is 0 Å². The van der Waals surface area contributed by atoms with Gasteiger partial charge in [0.05, 0.1) is 7.11 Å². The molecule has 0 amide bonds. The molecule has 1 unspecified atom stereocenters. The van der Waals surface area contributed by atoms with E-state index in [1.165, 1.54) is 0 Å². The highest BCUT2D eigenvalue weighted by atomic mass is 16.5. The van der Waals surface area contributed by atoms with E-state index in [0.29, 0.717) is 5.75 Å². The second kappa shape index (κ2) is 6.10. The predicted molar refractivity (Wildman–Crippen MR) is 75.1 cm³/mol. The molecule has 0 aliphatic carbocycles. The zero-order valence-corrected chi connectivity index (χ0v) is 12.1. The molecule has 1 rings (SSSR count). The minimum Gasteiger partial charge on any atom is -0.508 e. The van der Waals surface area contributed by atoms with E-state index in [1.54, 1.807) is 19.2 Å². The van der Waals surface area contributed by atoms with Crippen LogP contribution in [0.2, 0.25) is 0 Å². The van der Waals surface area contributed by atoms with Crippen molar-refractivity contribution in [3.05, 3.63) is 23.8 Å². The molecule has 0 spiro atoms. The Balaban J connectivity index is 2.74. The lowest BCUT2D eigenvalue weighted by molar-refractivity contribution is 0.311. The van der Waals surface area contributed by atoms with Crippen LogP contribution in [-0.2, 0) is 0 Å². The molecule has 1 aromatic carbocycles. The molecule has 0 fully saturated rings. The molecule has 18 heavy (non-hydrogen) atoms. The third-order valence-corrected chi connectivity index (χ3v) is 3.55. The maximum Gasteiger partial charge on any atom is 0.120 e. The average Bonchev–Trinajstić information content (AvgIpc) is 2.36. The first-order valence-electron chi connectivity index (χ1n) is 6.50. The summed E-state index contributed by atoms with van der Waals surface area (Å²) in [5, 5.41) is 13.4. The minimum absolute atomic E-state index is 0.103. The number of phenolic OH excluding ortho intramolecular Hbond substituents is 1. The molecule has 0 aromatic heterocycles. The Hall–Kier alpha value is -1.22. The number of nitrogens with one attached hydrogen (secondary N) is 1. The van der Waals surface area contributed by atoms with Crippen molar-refractivity contribution in [2.75, 3.05) is 13.7 Å². The first kappa shape index (κ1) is 14.8. The Morgan fingerprint density at radius 3 is 2.61 bits per heavy atom. The van der Waals surface area contributed by atoms with E-state index in [4.69, 9.17) is 4.74 Å². The van der Waals surface area contributed by atoms with Gasteiger partial charge in [0.1, 0.15) is 11.5 Å². The van der Waals surface area contributed by atoms with Gasteiger partial charge < -0.3 is 15.2 Å². The molecule has 1 atom stereocenters. The minimum atomic E-state index is 0.103. The Morgan fingerprint density at radius 1 is 1.39 bits per heavy atom. The van der Waals surface area contributed by atoms with E-state index in [1.807, 2.05) is 6.07 Å². The number of ether oxygens (including phenoxy) is 1. The normalized spacial score (nSPS) is 13.4. The van der Waals surface area contributed by atoms with E-state index in [2.05, 4.69) is 33.0 Å². The van der Waals surface area contributed by atoms with E-state index in [-0.39, 0.29) is 11.5 Å². The first-order valence-corrected chi connectivity index (χ1v) is 6.50. The standard InChI is InChI=1S/C15H25NO2/c1-6-15(3,4)10-16-11(2)13-9-12(18-5)7-8-14(13)17/h7-9,11,16-17H,6,10H2,1-5H3. The van der Waals surface area contributed by atoms with Gasteiger partial charge in [-0.2, -0.15) is 0 Å². The van der Waals surface area contributed by atoms with Crippen molar-refractivity contribution >= 4 is 0 Å². The van der Waals surface area contributed by atoms with Gasteiger partial charge in [-0.1, -0.05) is 20.8 Å². The molecule has 0 saturated heterocycles. The smallest absolute Gasteiger partial charge is 0.120 e. The summed E-state index contributed by atoms with van der Waals surface area (Å²) >= 11 is 0. The van der Waals surface area contributed by atoms with Gasteiger partial charge in [0.2, 0.25) is 0 Å². The summed E-state index contributed by atoms with van der Waals surface area (Å²) in [4.78, 5) is 0. The zero-order valence-electron chi connectivity index (χ0n) is 12.1. The second-order valence-corrected chi connectivity index (χ2v) is 5.55. The molecule has 0 bridgehead atoms. The summed E-state index contributed by atoms with van der Waals surface area (Å²) in [6, 6.07) is 5.43. The van der Waals surface area contributed by atoms with Crippen LogP contribution in [0.1, 0.15) is 45.7 Å². The molecule has 0 saturated carbocycles. The summed E-state index contributed by atoms with van der Waals surface area (Å²) in [6.45, 7) is 9.63. The third-order valence-electron chi connectivity index (χ3n) is 3.55. The Morgan fingerprint density at radius 2 is 2.06 bits per heavy atom. The Kier molecular flexibility index (Phi) is 5.03. The number of hydrogen-bond acceptors (Lipinski definition) is 3. The van der Waals surface area contributed by atoms with Crippen LogP contribution in [0.4, 0.5) is 0 Å². The van der Waals surface area contributed by atoms with Crippen LogP contribution in [0.5, 0.6) is 11.5 Å². The van der Waals surface area contributed by atoms with Crippen molar-refractivity contribution in [1.82, 2.24) is 5.32 Å². The number of rotatable bonds is 6. The molecule has 0 aliphatic rings. The largest absolute Gasteiger partial charge is 0.508 e. The van der Waals surface area contributed by atoms with Crippen molar-refractivity contribution in [2.24, 2.45) is 5.41 Å². The van der Waals surface area contributed by atoms with E-state index in [0.717, 1.165) is 24.3 Å². The molecule has 3 heteroatoms. The molecule has 3 nitrogen and oxygen atoms in total. The molecular weight excluding hydrogens is 226 g/mol. The van der Waals surface area contributed by atoms with Crippen LogP contribution in [0.15, 0.2) is 18.2 Å². The maximum absolute atomic E-state index is 9.89. The van der Waals surface area contributed by atoms with Crippen LogP contribution in [0.25, 0.3) is 0 Å². The van der Waals surface area contributed by atoms with Gasteiger partial charge in [-0.05, 0) is 37.0 Å². The number of methoxy groups -OCH3 is 1. The fraction of sp³-hybridized carbons (Fsp3) is 0.600. The van der Waals surface area contributed by atoms with Gasteiger partial charge in [0, 0.05) is 18.2 Å². The summed E-state index contributed by atoms with van der Waals surface area (Å²) in [5.41, 5.74) is 1.14. The topological polar surface area (TPSA) is 41.5 Å². The van der Waals surface area contributed by atoms with Crippen LogP contribution in [0.3, 0.4) is 0 Å². The summed E-state index contributed by atoms with van der Waals surface area (Å²) in [7, 11) is 1.63. The highest BCUT2D eigenvalue weighted by Crippen LogP contribution is 2.29. The molecule has 102 valence electrons. The van der Waals surface area contributed by atoms with E-state index in [9.17, 15) is 5.11 Å². The van der Waals surface area contributed by atoms with Crippen molar-refractivity contribution in [2.45, 2.75) is 40.2 Å². The monoisotopic (exact) mass is 251 g/mol. The van der Waals surface area contributed by atoms with Crippen LogP contribution in [0, 0.1) is 5.41 Å². The number of benzene rings is 1. The summed E-state index contributed by atoms with van der Waals surface area (Å²) in [5.74, 6) is 1.08. The second-order valence-electron chi connectivity index (χ2n) is 5.55. The van der Waals surface area contributed by atoms with Crippen molar-refractivity contribution < 1.29 is 9.84 Å². The van der Waals surface area contributed by atoms with Gasteiger partial charge in [0.25, 0.3) is 0 Å².